The Hall–Kier alpha value is -3.02. The SMILES string of the molecule is O=C(NCc1cccnc1)C(=O)c1c[nH]c2cc(F)ccc12. The fourth-order valence-corrected chi connectivity index (χ4v) is 2.17. The third-order valence-corrected chi connectivity index (χ3v) is 3.27. The zero-order chi connectivity index (χ0) is 15.5. The van der Waals surface area contributed by atoms with Gasteiger partial charge in [-0.2, -0.15) is 0 Å². The number of rotatable bonds is 4. The predicted molar refractivity (Wildman–Crippen MR) is 78.7 cm³/mol. The third-order valence-electron chi connectivity index (χ3n) is 3.27. The van der Waals surface area contributed by atoms with Crippen molar-refractivity contribution < 1.29 is 14.0 Å². The topological polar surface area (TPSA) is 74.8 Å². The number of Topliss-reactive ketones (excluding diaryl/α,β-unsaturated/α-hetero) is 1. The molecule has 0 atom stereocenters. The molecule has 3 rings (SSSR count). The third kappa shape index (κ3) is 2.71. The lowest BCUT2D eigenvalue weighted by atomic mass is 10.1. The van der Waals surface area contributed by atoms with Crippen LogP contribution in [0.25, 0.3) is 10.9 Å². The van der Waals surface area contributed by atoms with E-state index in [1.807, 2.05) is 0 Å². The Kier molecular flexibility index (Phi) is 3.65. The largest absolute Gasteiger partial charge is 0.360 e. The Labute approximate surface area is 125 Å². The first-order valence-electron chi connectivity index (χ1n) is 6.63. The van der Waals surface area contributed by atoms with Gasteiger partial charge in [-0.05, 0) is 29.8 Å². The second kappa shape index (κ2) is 5.77. The summed E-state index contributed by atoms with van der Waals surface area (Å²) >= 11 is 0. The maximum absolute atomic E-state index is 13.1. The average molecular weight is 297 g/mol. The van der Waals surface area contributed by atoms with Gasteiger partial charge in [0.25, 0.3) is 11.7 Å². The van der Waals surface area contributed by atoms with Crippen LogP contribution in [0.15, 0.2) is 48.9 Å². The van der Waals surface area contributed by atoms with E-state index in [0.717, 1.165) is 5.56 Å². The van der Waals surface area contributed by atoms with Crippen molar-refractivity contribution in [3.05, 3.63) is 65.9 Å². The molecular formula is C16H12FN3O2. The highest BCUT2D eigenvalue weighted by Crippen LogP contribution is 2.19. The minimum absolute atomic E-state index is 0.218. The predicted octanol–water partition coefficient (Wildman–Crippen LogP) is 2.20. The summed E-state index contributed by atoms with van der Waals surface area (Å²) in [5.41, 5.74) is 1.49. The number of nitrogens with one attached hydrogen (secondary N) is 2. The van der Waals surface area contributed by atoms with Crippen molar-refractivity contribution in [2.24, 2.45) is 0 Å². The summed E-state index contributed by atoms with van der Waals surface area (Å²) in [6.07, 6.45) is 4.65. The minimum Gasteiger partial charge on any atom is -0.360 e. The molecule has 0 aliphatic carbocycles. The first-order valence-corrected chi connectivity index (χ1v) is 6.63. The molecule has 1 aromatic carbocycles. The molecule has 0 spiro atoms. The number of amides is 1. The Morgan fingerprint density at radius 1 is 1.27 bits per heavy atom. The van der Waals surface area contributed by atoms with Gasteiger partial charge >= 0.3 is 0 Å². The normalized spacial score (nSPS) is 10.6. The van der Waals surface area contributed by atoms with E-state index in [2.05, 4.69) is 15.3 Å². The summed E-state index contributed by atoms with van der Waals surface area (Å²) in [6.45, 7) is 0.218. The van der Waals surface area contributed by atoms with Crippen LogP contribution in [0, 0.1) is 5.82 Å². The maximum atomic E-state index is 13.1. The number of ketones is 1. The lowest BCUT2D eigenvalue weighted by Gasteiger charge is -2.03. The van der Waals surface area contributed by atoms with Crippen LogP contribution >= 0.6 is 0 Å². The second-order valence-electron chi connectivity index (χ2n) is 4.77. The van der Waals surface area contributed by atoms with Gasteiger partial charge < -0.3 is 10.3 Å². The molecular weight excluding hydrogens is 285 g/mol. The van der Waals surface area contributed by atoms with Crippen LogP contribution in [0.2, 0.25) is 0 Å². The molecule has 6 heteroatoms. The number of aromatic amines is 1. The number of aromatic nitrogens is 2. The highest BCUT2D eigenvalue weighted by Gasteiger charge is 2.19. The van der Waals surface area contributed by atoms with Crippen LogP contribution in [0.1, 0.15) is 15.9 Å². The molecule has 0 aliphatic rings. The smallest absolute Gasteiger partial charge is 0.292 e. The number of fused-ring (bicyclic) bond motifs is 1. The van der Waals surface area contributed by atoms with Crippen molar-refractivity contribution in [1.82, 2.24) is 15.3 Å². The van der Waals surface area contributed by atoms with Crippen LogP contribution in [0.4, 0.5) is 4.39 Å². The molecule has 0 unspecified atom stereocenters. The average Bonchev–Trinajstić information content (AvgIpc) is 2.95. The van der Waals surface area contributed by atoms with Crippen LogP contribution in [0.3, 0.4) is 0 Å². The van der Waals surface area contributed by atoms with Crippen LogP contribution < -0.4 is 5.32 Å². The zero-order valence-electron chi connectivity index (χ0n) is 11.5. The Bertz CT molecular complexity index is 843. The summed E-state index contributed by atoms with van der Waals surface area (Å²) in [6, 6.07) is 7.55. The Morgan fingerprint density at radius 3 is 2.91 bits per heavy atom. The van der Waals surface area contributed by atoms with Gasteiger partial charge in [-0.3, -0.25) is 14.6 Å². The van der Waals surface area contributed by atoms with E-state index in [9.17, 15) is 14.0 Å². The number of hydrogen-bond donors (Lipinski definition) is 2. The van der Waals surface area contributed by atoms with E-state index in [4.69, 9.17) is 0 Å². The number of carbonyl (C=O) groups excluding carboxylic acids is 2. The molecule has 110 valence electrons. The number of carbonyl (C=O) groups is 2. The molecule has 0 radical (unpaired) electrons. The van der Waals surface area contributed by atoms with E-state index in [1.54, 1.807) is 24.5 Å². The van der Waals surface area contributed by atoms with Gasteiger partial charge in [0.05, 0.1) is 5.56 Å². The minimum atomic E-state index is -0.714. The standard InChI is InChI=1S/C16H12FN3O2/c17-11-3-4-12-13(9-19-14(12)6-11)15(21)16(22)20-8-10-2-1-5-18-7-10/h1-7,9,19H,8H2,(H,20,22). The van der Waals surface area contributed by atoms with E-state index in [-0.39, 0.29) is 12.1 Å². The second-order valence-corrected chi connectivity index (χ2v) is 4.77. The molecule has 2 aromatic heterocycles. The molecule has 0 saturated carbocycles. The number of pyridine rings is 1. The summed E-state index contributed by atoms with van der Waals surface area (Å²) in [5.74, 6) is -1.79. The van der Waals surface area contributed by atoms with Crippen molar-refractivity contribution in [2.45, 2.75) is 6.54 Å². The maximum Gasteiger partial charge on any atom is 0.292 e. The summed E-state index contributed by atoms with van der Waals surface area (Å²) < 4.78 is 13.1. The molecule has 0 aliphatic heterocycles. The van der Waals surface area contributed by atoms with Gasteiger partial charge in [-0.25, -0.2) is 4.39 Å². The molecule has 0 fully saturated rings. The highest BCUT2D eigenvalue weighted by molar-refractivity contribution is 6.44. The van der Waals surface area contributed by atoms with Gasteiger partial charge in [-0.1, -0.05) is 6.07 Å². The first-order chi connectivity index (χ1) is 10.6. The lowest BCUT2D eigenvalue weighted by Crippen LogP contribution is -2.30. The van der Waals surface area contributed by atoms with Crippen molar-refractivity contribution in [3.63, 3.8) is 0 Å². The fraction of sp³-hybridized carbons (Fsp3) is 0.0625. The van der Waals surface area contributed by atoms with Crippen molar-refractivity contribution in [1.29, 1.82) is 0 Å². The van der Waals surface area contributed by atoms with E-state index in [0.29, 0.717) is 10.9 Å². The van der Waals surface area contributed by atoms with E-state index < -0.39 is 17.5 Å². The molecule has 2 heterocycles. The van der Waals surface area contributed by atoms with Crippen molar-refractivity contribution in [2.75, 3.05) is 0 Å². The highest BCUT2D eigenvalue weighted by atomic mass is 19.1. The van der Waals surface area contributed by atoms with Gasteiger partial charge in [0.15, 0.2) is 0 Å². The zero-order valence-corrected chi connectivity index (χ0v) is 11.5. The van der Waals surface area contributed by atoms with Crippen molar-refractivity contribution >= 4 is 22.6 Å². The monoisotopic (exact) mass is 297 g/mol. The number of hydrogen-bond acceptors (Lipinski definition) is 3. The number of nitrogens with zero attached hydrogens (tertiary/aromatic N) is 1. The van der Waals surface area contributed by atoms with Gasteiger partial charge in [0.2, 0.25) is 0 Å². The number of H-pyrrole nitrogens is 1. The molecule has 1 amide bonds. The number of halogens is 1. The van der Waals surface area contributed by atoms with Gasteiger partial charge in [0, 0.05) is 36.0 Å². The molecule has 5 nitrogen and oxygen atoms in total. The van der Waals surface area contributed by atoms with Crippen LogP contribution in [0.5, 0.6) is 0 Å². The summed E-state index contributed by atoms with van der Waals surface area (Å²) in [4.78, 5) is 30.9. The van der Waals surface area contributed by atoms with E-state index in [1.165, 1.54) is 24.4 Å². The lowest BCUT2D eigenvalue weighted by molar-refractivity contribution is -0.117. The summed E-state index contributed by atoms with van der Waals surface area (Å²) in [7, 11) is 0. The molecule has 3 aromatic rings. The number of benzene rings is 1. The summed E-state index contributed by atoms with van der Waals surface area (Å²) in [5, 5.41) is 3.06. The quantitative estimate of drug-likeness (QED) is 0.572. The van der Waals surface area contributed by atoms with Crippen molar-refractivity contribution in [3.8, 4) is 0 Å². The first kappa shape index (κ1) is 13.9. The molecule has 22 heavy (non-hydrogen) atoms. The molecule has 0 bridgehead atoms. The molecule has 2 N–H and O–H groups in total. The fourth-order valence-electron chi connectivity index (χ4n) is 2.17. The van der Waals surface area contributed by atoms with E-state index >= 15 is 0 Å². The Morgan fingerprint density at radius 2 is 2.14 bits per heavy atom. The van der Waals surface area contributed by atoms with Crippen LogP contribution in [-0.2, 0) is 11.3 Å². The Balaban J connectivity index is 1.76. The van der Waals surface area contributed by atoms with Crippen LogP contribution in [-0.4, -0.2) is 21.7 Å². The van der Waals surface area contributed by atoms with Gasteiger partial charge in [0.1, 0.15) is 5.82 Å². The van der Waals surface area contributed by atoms with Gasteiger partial charge in [-0.15, -0.1) is 0 Å². The molecule has 0 saturated heterocycles.